The molecule has 1 aromatic rings. The fourth-order valence-corrected chi connectivity index (χ4v) is 3.10. The van der Waals surface area contributed by atoms with Crippen molar-refractivity contribution in [2.45, 2.75) is 31.7 Å². The van der Waals surface area contributed by atoms with Gasteiger partial charge in [-0.3, -0.25) is 0 Å². The minimum absolute atomic E-state index is 0. The maximum atomic E-state index is 3.57. The summed E-state index contributed by atoms with van der Waals surface area (Å²) in [5.74, 6) is 0.903. The number of fused-ring (bicyclic) bond motifs is 1. The Morgan fingerprint density at radius 1 is 1.27 bits per heavy atom. The summed E-state index contributed by atoms with van der Waals surface area (Å²) in [5, 5.41) is 3.57. The fraction of sp³-hybridized carbons (Fsp3) is 0.538. The summed E-state index contributed by atoms with van der Waals surface area (Å²) in [4.78, 5) is 0. The lowest BCUT2D eigenvalue weighted by Gasteiger charge is -2.20. The first-order chi connectivity index (χ1) is 6.73. The molecule has 1 aliphatic carbocycles. The molecule has 1 heterocycles. The van der Waals surface area contributed by atoms with Gasteiger partial charge in [0.25, 0.3) is 0 Å². The topological polar surface area (TPSA) is 12.0 Å². The minimum Gasteiger partial charge on any atom is -0.313 e. The van der Waals surface area contributed by atoms with Gasteiger partial charge in [-0.05, 0) is 38.3 Å². The van der Waals surface area contributed by atoms with Crippen LogP contribution in [0, 0.1) is 12.8 Å². The Morgan fingerprint density at radius 2 is 1.93 bits per heavy atom. The van der Waals surface area contributed by atoms with Crippen molar-refractivity contribution in [1.29, 1.82) is 0 Å². The molecule has 3 unspecified atom stereocenters. The van der Waals surface area contributed by atoms with Gasteiger partial charge < -0.3 is 5.32 Å². The van der Waals surface area contributed by atoms with E-state index in [1.165, 1.54) is 18.5 Å². The zero-order valence-electron chi connectivity index (χ0n) is 9.29. The smallest absolute Gasteiger partial charge is 0.0148 e. The van der Waals surface area contributed by atoms with E-state index >= 15 is 0 Å². The van der Waals surface area contributed by atoms with Gasteiger partial charge in [0.15, 0.2) is 0 Å². The molecule has 0 radical (unpaired) electrons. The lowest BCUT2D eigenvalue weighted by molar-refractivity contribution is 0.520. The molecule has 1 saturated carbocycles. The van der Waals surface area contributed by atoms with Crippen LogP contribution in [-0.2, 0) is 5.41 Å². The molecule has 2 heteroatoms. The molecule has 0 amide bonds. The SMILES string of the molecule is Cc1ccc(C23CC2CNC3C)cc1.Cl. The molecule has 0 aromatic heterocycles. The van der Waals surface area contributed by atoms with E-state index in [-0.39, 0.29) is 12.4 Å². The predicted octanol–water partition coefficient (Wildman–Crippen LogP) is 2.67. The largest absolute Gasteiger partial charge is 0.313 e. The molecule has 1 N–H and O–H groups in total. The summed E-state index contributed by atoms with van der Waals surface area (Å²) in [6.45, 7) is 5.70. The van der Waals surface area contributed by atoms with Gasteiger partial charge in [-0.15, -0.1) is 12.4 Å². The third-order valence-corrected chi connectivity index (χ3v) is 4.18. The van der Waals surface area contributed by atoms with Crippen LogP contribution >= 0.6 is 12.4 Å². The van der Waals surface area contributed by atoms with Crippen molar-refractivity contribution in [3.8, 4) is 0 Å². The van der Waals surface area contributed by atoms with Crippen LogP contribution in [0.2, 0.25) is 0 Å². The first-order valence-corrected chi connectivity index (χ1v) is 5.54. The molecule has 2 fully saturated rings. The highest BCUT2D eigenvalue weighted by Crippen LogP contribution is 2.59. The van der Waals surface area contributed by atoms with Gasteiger partial charge in [-0.25, -0.2) is 0 Å². The van der Waals surface area contributed by atoms with Gasteiger partial charge >= 0.3 is 0 Å². The van der Waals surface area contributed by atoms with E-state index in [4.69, 9.17) is 0 Å². The van der Waals surface area contributed by atoms with Crippen LogP contribution in [0.3, 0.4) is 0 Å². The summed E-state index contributed by atoms with van der Waals surface area (Å²) < 4.78 is 0. The van der Waals surface area contributed by atoms with E-state index in [9.17, 15) is 0 Å². The molecule has 1 saturated heterocycles. The van der Waals surface area contributed by atoms with Gasteiger partial charge in [0.1, 0.15) is 0 Å². The third-order valence-electron chi connectivity index (χ3n) is 4.18. The highest BCUT2D eigenvalue weighted by Gasteiger charge is 2.61. The Kier molecular flexibility index (Phi) is 2.56. The maximum Gasteiger partial charge on any atom is 0.0148 e. The van der Waals surface area contributed by atoms with Crippen LogP contribution in [0.25, 0.3) is 0 Å². The summed E-state index contributed by atoms with van der Waals surface area (Å²) >= 11 is 0. The average Bonchev–Trinajstić information content (AvgIpc) is 2.84. The molecule has 1 aliphatic heterocycles. The normalized spacial score (nSPS) is 36.9. The Morgan fingerprint density at radius 3 is 2.40 bits per heavy atom. The molecule has 1 aromatic carbocycles. The molecule has 2 aliphatic rings. The van der Waals surface area contributed by atoms with Crippen LogP contribution in [0.1, 0.15) is 24.5 Å². The highest BCUT2D eigenvalue weighted by molar-refractivity contribution is 5.85. The van der Waals surface area contributed by atoms with Crippen LogP contribution in [0.4, 0.5) is 0 Å². The van der Waals surface area contributed by atoms with E-state index in [1.54, 1.807) is 5.56 Å². The third kappa shape index (κ3) is 1.41. The van der Waals surface area contributed by atoms with Crippen molar-refractivity contribution in [2.75, 3.05) is 6.54 Å². The Hall–Kier alpha value is -0.530. The lowest BCUT2D eigenvalue weighted by atomic mass is 9.88. The second kappa shape index (κ2) is 3.50. The number of hydrogen-bond acceptors (Lipinski definition) is 1. The molecule has 0 spiro atoms. The molecule has 0 bridgehead atoms. The maximum absolute atomic E-state index is 3.57. The van der Waals surface area contributed by atoms with E-state index in [1.807, 2.05) is 0 Å². The number of piperidine rings is 1. The van der Waals surface area contributed by atoms with Crippen molar-refractivity contribution >= 4 is 12.4 Å². The predicted molar refractivity (Wildman–Crippen MR) is 65.7 cm³/mol. The van der Waals surface area contributed by atoms with Gasteiger partial charge in [0, 0.05) is 11.5 Å². The number of hydrogen-bond donors (Lipinski definition) is 1. The van der Waals surface area contributed by atoms with Gasteiger partial charge in [-0.1, -0.05) is 29.8 Å². The number of nitrogens with one attached hydrogen (secondary N) is 1. The Bertz CT molecular complexity index is 359. The van der Waals surface area contributed by atoms with E-state index in [0.717, 1.165) is 5.92 Å². The van der Waals surface area contributed by atoms with Crippen LogP contribution in [0.5, 0.6) is 0 Å². The molecule has 1 nitrogen and oxygen atoms in total. The summed E-state index contributed by atoms with van der Waals surface area (Å²) in [6.07, 6.45) is 1.39. The molecular formula is C13H18ClN. The standard InChI is InChI=1S/C13H17N.ClH/c1-9-3-5-11(6-4-9)13-7-12(13)8-14-10(13)2;/h3-6,10,12,14H,7-8H2,1-2H3;1H. The van der Waals surface area contributed by atoms with Crippen molar-refractivity contribution in [3.63, 3.8) is 0 Å². The first kappa shape index (κ1) is 11.0. The molecule has 3 atom stereocenters. The molecule has 82 valence electrons. The molecular weight excluding hydrogens is 206 g/mol. The van der Waals surface area contributed by atoms with Crippen LogP contribution < -0.4 is 5.32 Å². The monoisotopic (exact) mass is 223 g/mol. The van der Waals surface area contributed by atoms with Gasteiger partial charge in [0.05, 0.1) is 0 Å². The molecule has 3 rings (SSSR count). The van der Waals surface area contributed by atoms with E-state index in [2.05, 4.69) is 43.4 Å². The number of aryl methyl sites for hydroxylation is 1. The van der Waals surface area contributed by atoms with E-state index < -0.39 is 0 Å². The second-order valence-electron chi connectivity index (χ2n) is 4.94. The van der Waals surface area contributed by atoms with Crippen molar-refractivity contribution in [2.24, 2.45) is 5.92 Å². The minimum atomic E-state index is 0. The lowest BCUT2D eigenvalue weighted by Crippen LogP contribution is -2.31. The van der Waals surface area contributed by atoms with Crippen molar-refractivity contribution in [3.05, 3.63) is 35.4 Å². The summed E-state index contributed by atoms with van der Waals surface area (Å²) in [7, 11) is 0. The number of halogens is 1. The average molecular weight is 224 g/mol. The van der Waals surface area contributed by atoms with Crippen LogP contribution in [0.15, 0.2) is 24.3 Å². The quantitative estimate of drug-likeness (QED) is 0.772. The zero-order valence-corrected chi connectivity index (χ0v) is 10.1. The fourth-order valence-electron chi connectivity index (χ4n) is 3.10. The summed E-state index contributed by atoms with van der Waals surface area (Å²) in [6, 6.07) is 9.78. The molecule has 15 heavy (non-hydrogen) atoms. The summed E-state index contributed by atoms with van der Waals surface area (Å²) in [5.41, 5.74) is 3.40. The van der Waals surface area contributed by atoms with Crippen molar-refractivity contribution in [1.82, 2.24) is 5.32 Å². The van der Waals surface area contributed by atoms with Crippen LogP contribution in [-0.4, -0.2) is 12.6 Å². The Balaban J connectivity index is 0.000000853. The van der Waals surface area contributed by atoms with Gasteiger partial charge in [-0.2, -0.15) is 0 Å². The van der Waals surface area contributed by atoms with E-state index in [0.29, 0.717) is 11.5 Å². The number of rotatable bonds is 1. The van der Waals surface area contributed by atoms with Crippen molar-refractivity contribution < 1.29 is 0 Å². The zero-order chi connectivity index (χ0) is 9.76. The second-order valence-corrected chi connectivity index (χ2v) is 4.94. The number of benzene rings is 1. The highest BCUT2D eigenvalue weighted by atomic mass is 35.5. The Labute approximate surface area is 97.7 Å². The van der Waals surface area contributed by atoms with Gasteiger partial charge in [0.2, 0.25) is 0 Å². The first-order valence-electron chi connectivity index (χ1n) is 5.54.